The Labute approximate surface area is 107 Å². The average molecular weight is 264 g/mol. The van der Waals surface area contributed by atoms with Gasteiger partial charge >= 0.3 is 4.87 Å². The molecular formula is C12H12N2O3S. The number of H-pyrrole nitrogens is 1. The molecule has 0 atom stereocenters. The smallest absolute Gasteiger partial charge is 0.305 e. The molecule has 94 valence electrons. The SMILES string of the molecule is COc1cccc(NC(=O)c2sc(=O)[nH]c2C)c1. The first-order chi connectivity index (χ1) is 8.60. The van der Waals surface area contributed by atoms with Gasteiger partial charge in [0.15, 0.2) is 0 Å². The third-order valence-corrected chi connectivity index (χ3v) is 3.34. The predicted octanol–water partition coefficient (Wildman–Crippen LogP) is 2.01. The normalized spacial score (nSPS) is 10.1. The Bertz CT molecular complexity index is 630. The highest BCUT2D eigenvalue weighted by Gasteiger charge is 2.13. The highest BCUT2D eigenvalue weighted by atomic mass is 32.1. The van der Waals surface area contributed by atoms with Gasteiger partial charge in [0.1, 0.15) is 10.6 Å². The minimum Gasteiger partial charge on any atom is -0.497 e. The molecule has 5 nitrogen and oxygen atoms in total. The zero-order valence-corrected chi connectivity index (χ0v) is 10.8. The van der Waals surface area contributed by atoms with Crippen molar-refractivity contribution in [2.75, 3.05) is 12.4 Å². The number of aromatic nitrogens is 1. The summed E-state index contributed by atoms with van der Waals surface area (Å²) in [5, 5.41) is 2.72. The quantitative estimate of drug-likeness (QED) is 0.890. The van der Waals surface area contributed by atoms with Crippen molar-refractivity contribution in [3.05, 3.63) is 44.5 Å². The number of anilines is 1. The van der Waals surface area contributed by atoms with Gasteiger partial charge in [0.05, 0.1) is 7.11 Å². The lowest BCUT2D eigenvalue weighted by atomic mass is 10.3. The van der Waals surface area contributed by atoms with Crippen molar-refractivity contribution in [2.24, 2.45) is 0 Å². The zero-order chi connectivity index (χ0) is 13.1. The number of nitrogens with one attached hydrogen (secondary N) is 2. The van der Waals surface area contributed by atoms with E-state index in [9.17, 15) is 9.59 Å². The van der Waals surface area contributed by atoms with E-state index in [0.717, 1.165) is 11.3 Å². The lowest BCUT2D eigenvalue weighted by Gasteiger charge is -2.06. The van der Waals surface area contributed by atoms with Crippen LogP contribution in [0.25, 0.3) is 0 Å². The van der Waals surface area contributed by atoms with Crippen LogP contribution in [-0.4, -0.2) is 18.0 Å². The molecule has 0 aliphatic heterocycles. The Morgan fingerprint density at radius 2 is 2.22 bits per heavy atom. The fourth-order valence-electron chi connectivity index (χ4n) is 1.51. The molecule has 2 N–H and O–H groups in total. The first-order valence-electron chi connectivity index (χ1n) is 5.25. The second-order valence-electron chi connectivity index (χ2n) is 3.65. The number of benzene rings is 1. The Hall–Kier alpha value is -2.08. The predicted molar refractivity (Wildman–Crippen MR) is 70.6 cm³/mol. The molecule has 0 saturated carbocycles. The number of aryl methyl sites for hydroxylation is 1. The van der Waals surface area contributed by atoms with E-state index in [1.807, 2.05) is 0 Å². The summed E-state index contributed by atoms with van der Waals surface area (Å²) < 4.78 is 5.07. The largest absolute Gasteiger partial charge is 0.497 e. The minimum atomic E-state index is -0.302. The van der Waals surface area contributed by atoms with Crippen LogP contribution in [0.15, 0.2) is 29.1 Å². The molecule has 6 heteroatoms. The van der Waals surface area contributed by atoms with Crippen LogP contribution in [0.5, 0.6) is 5.75 Å². The van der Waals surface area contributed by atoms with Gasteiger partial charge in [-0.3, -0.25) is 9.59 Å². The third-order valence-electron chi connectivity index (χ3n) is 2.36. The van der Waals surface area contributed by atoms with Crippen molar-refractivity contribution in [1.82, 2.24) is 4.98 Å². The molecule has 0 spiro atoms. The second-order valence-corrected chi connectivity index (χ2v) is 4.64. The van der Waals surface area contributed by atoms with Crippen LogP contribution in [0.4, 0.5) is 5.69 Å². The standard InChI is InChI=1S/C12H12N2O3S/c1-7-10(18-12(16)13-7)11(15)14-8-4-3-5-9(6-8)17-2/h3-6H,1-2H3,(H,13,16)(H,14,15). The van der Waals surface area contributed by atoms with E-state index in [1.54, 1.807) is 38.3 Å². The molecule has 1 aromatic heterocycles. The van der Waals surface area contributed by atoms with Crippen molar-refractivity contribution in [3.8, 4) is 5.75 Å². The van der Waals surface area contributed by atoms with Gasteiger partial charge < -0.3 is 15.0 Å². The van der Waals surface area contributed by atoms with Crippen LogP contribution in [-0.2, 0) is 0 Å². The van der Waals surface area contributed by atoms with Gasteiger partial charge in [-0.15, -0.1) is 0 Å². The van der Waals surface area contributed by atoms with Gasteiger partial charge in [0.2, 0.25) is 0 Å². The number of amides is 1. The van der Waals surface area contributed by atoms with E-state index in [0.29, 0.717) is 22.0 Å². The molecule has 1 amide bonds. The van der Waals surface area contributed by atoms with Gasteiger partial charge in [0.25, 0.3) is 5.91 Å². The highest BCUT2D eigenvalue weighted by molar-refractivity contribution is 7.11. The van der Waals surface area contributed by atoms with Gasteiger partial charge in [-0.05, 0) is 19.1 Å². The number of aromatic amines is 1. The van der Waals surface area contributed by atoms with Crippen LogP contribution >= 0.6 is 11.3 Å². The number of methoxy groups -OCH3 is 1. The fraction of sp³-hybridized carbons (Fsp3) is 0.167. The molecule has 0 aliphatic rings. The number of hydrogen-bond acceptors (Lipinski definition) is 4. The lowest BCUT2D eigenvalue weighted by molar-refractivity contribution is 0.103. The Morgan fingerprint density at radius 3 is 2.83 bits per heavy atom. The summed E-state index contributed by atoms with van der Waals surface area (Å²) in [7, 11) is 1.56. The topological polar surface area (TPSA) is 71.2 Å². The number of hydrogen-bond donors (Lipinski definition) is 2. The summed E-state index contributed by atoms with van der Waals surface area (Å²) in [5.41, 5.74) is 1.20. The molecule has 0 bridgehead atoms. The van der Waals surface area contributed by atoms with Crippen LogP contribution in [0.3, 0.4) is 0 Å². The fourth-order valence-corrected chi connectivity index (χ4v) is 2.25. The Morgan fingerprint density at radius 1 is 1.44 bits per heavy atom. The molecule has 0 radical (unpaired) electrons. The van der Waals surface area contributed by atoms with E-state index in [4.69, 9.17) is 4.74 Å². The first kappa shape index (κ1) is 12.4. The molecule has 0 fully saturated rings. The van der Waals surface area contributed by atoms with Crippen molar-refractivity contribution in [3.63, 3.8) is 0 Å². The van der Waals surface area contributed by atoms with Crippen molar-refractivity contribution in [1.29, 1.82) is 0 Å². The average Bonchev–Trinajstić information content (AvgIpc) is 2.69. The van der Waals surface area contributed by atoms with E-state index in [-0.39, 0.29) is 10.8 Å². The van der Waals surface area contributed by atoms with E-state index < -0.39 is 0 Å². The van der Waals surface area contributed by atoms with E-state index >= 15 is 0 Å². The van der Waals surface area contributed by atoms with E-state index in [1.165, 1.54) is 0 Å². The number of thiazole rings is 1. The summed E-state index contributed by atoms with van der Waals surface area (Å²) in [4.78, 5) is 25.8. The van der Waals surface area contributed by atoms with Crippen LogP contribution in [0, 0.1) is 6.92 Å². The summed E-state index contributed by atoms with van der Waals surface area (Å²) in [6.45, 7) is 1.69. The molecule has 0 aliphatic carbocycles. The van der Waals surface area contributed by atoms with Crippen LogP contribution in [0.1, 0.15) is 15.4 Å². The zero-order valence-electron chi connectivity index (χ0n) is 9.94. The van der Waals surface area contributed by atoms with Gasteiger partial charge in [-0.25, -0.2) is 0 Å². The van der Waals surface area contributed by atoms with Crippen molar-refractivity contribution in [2.45, 2.75) is 6.92 Å². The number of carbonyl (C=O) groups is 1. The molecule has 18 heavy (non-hydrogen) atoms. The molecule has 2 rings (SSSR count). The van der Waals surface area contributed by atoms with Crippen molar-refractivity contribution >= 4 is 22.9 Å². The monoisotopic (exact) mass is 264 g/mol. The summed E-state index contributed by atoms with van der Waals surface area (Å²) >= 11 is 0.897. The van der Waals surface area contributed by atoms with Crippen molar-refractivity contribution < 1.29 is 9.53 Å². The number of ether oxygens (including phenoxy) is 1. The maximum atomic E-state index is 11.9. The van der Waals surface area contributed by atoms with Gasteiger partial charge in [0, 0.05) is 17.4 Å². The number of rotatable bonds is 3. The highest BCUT2D eigenvalue weighted by Crippen LogP contribution is 2.18. The first-order valence-corrected chi connectivity index (χ1v) is 6.07. The number of carbonyl (C=O) groups excluding carboxylic acids is 1. The maximum absolute atomic E-state index is 11.9. The molecule has 0 saturated heterocycles. The molecule has 1 heterocycles. The van der Waals surface area contributed by atoms with Gasteiger partial charge in [-0.2, -0.15) is 0 Å². The summed E-state index contributed by atoms with van der Waals surface area (Å²) in [6, 6.07) is 7.03. The maximum Gasteiger partial charge on any atom is 0.305 e. The summed E-state index contributed by atoms with van der Waals surface area (Å²) in [5.74, 6) is 0.357. The third kappa shape index (κ3) is 2.60. The van der Waals surface area contributed by atoms with Crippen LogP contribution in [0.2, 0.25) is 0 Å². The molecule has 2 aromatic rings. The van der Waals surface area contributed by atoms with Gasteiger partial charge in [-0.1, -0.05) is 17.4 Å². The molecule has 0 unspecified atom stereocenters. The Balaban J connectivity index is 2.21. The second kappa shape index (κ2) is 5.05. The Kier molecular flexibility index (Phi) is 3.47. The lowest BCUT2D eigenvalue weighted by Crippen LogP contribution is -2.11. The summed E-state index contributed by atoms with van der Waals surface area (Å²) in [6.07, 6.45) is 0. The minimum absolute atomic E-state index is 0.233. The van der Waals surface area contributed by atoms with E-state index in [2.05, 4.69) is 10.3 Å². The van der Waals surface area contributed by atoms with Crippen LogP contribution < -0.4 is 14.9 Å². The molecular weight excluding hydrogens is 252 g/mol. The molecule has 1 aromatic carbocycles.